The average molecular weight is 295 g/mol. The number of hydrogen-bond donors (Lipinski definition) is 6. The van der Waals surface area contributed by atoms with Gasteiger partial charge in [-0.05, 0) is 6.42 Å². The number of amidine groups is 2. The van der Waals surface area contributed by atoms with Crippen LogP contribution < -0.4 is 16.8 Å². The van der Waals surface area contributed by atoms with Crippen LogP contribution in [0.2, 0.25) is 0 Å². The number of aliphatic imine (C=N–C) groups is 1. The van der Waals surface area contributed by atoms with Gasteiger partial charge in [-0.2, -0.15) is 8.42 Å². The van der Waals surface area contributed by atoms with Crippen molar-refractivity contribution in [3.05, 3.63) is 0 Å². The Morgan fingerprint density at radius 1 is 1.53 bits per heavy atom. The minimum atomic E-state index is -4.67. The van der Waals surface area contributed by atoms with Crippen molar-refractivity contribution in [1.82, 2.24) is 5.32 Å². The summed E-state index contributed by atoms with van der Waals surface area (Å²) in [4.78, 5) is 15.4. The molecule has 0 aliphatic carbocycles. The van der Waals surface area contributed by atoms with Gasteiger partial charge in [0.15, 0.2) is 0 Å². The summed E-state index contributed by atoms with van der Waals surface area (Å²) in [5.74, 6) is 0.475. The van der Waals surface area contributed by atoms with E-state index < -0.39 is 10.4 Å². The molecule has 0 saturated heterocycles. The van der Waals surface area contributed by atoms with Gasteiger partial charge in [-0.25, -0.2) is 0 Å². The van der Waals surface area contributed by atoms with Crippen molar-refractivity contribution in [3.63, 3.8) is 0 Å². The summed E-state index contributed by atoms with van der Waals surface area (Å²) in [6.07, 6.45) is 1.74. The smallest absolute Gasteiger partial charge is 0.388 e. The predicted molar refractivity (Wildman–Crippen MR) is 68.4 cm³/mol. The number of rotatable bonds is 4. The lowest BCUT2D eigenvalue weighted by atomic mass is 10.2. The number of carbonyl (C=O) groups excluding carboxylic acids is 1. The Labute approximate surface area is 110 Å². The van der Waals surface area contributed by atoms with Crippen LogP contribution in [0.15, 0.2) is 4.99 Å². The fraction of sp³-hybridized carbons (Fsp3) is 0.625. The average Bonchev–Trinajstić information content (AvgIpc) is 2.61. The minimum absolute atomic E-state index is 0.0692. The summed E-state index contributed by atoms with van der Waals surface area (Å²) in [7, 11) is -4.67. The highest BCUT2D eigenvalue weighted by molar-refractivity contribution is 7.79. The Hall–Kier alpha value is -1.72. The van der Waals surface area contributed by atoms with E-state index in [2.05, 4.69) is 10.3 Å². The molecule has 0 spiro atoms. The maximum Gasteiger partial charge on any atom is 0.394 e. The number of carbonyl (C=O) groups is 1. The zero-order valence-electron chi connectivity index (χ0n) is 10.0. The van der Waals surface area contributed by atoms with Crippen LogP contribution in [0, 0.1) is 5.41 Å². The Balaban J connectivity index is 0.000000555. The lowest BCUT2D eigenvalue weighted by Crippen LogP contribution is -2.34. The van der Waals surface area contributed by atoms with Crippen LogP contribution in [0.25, 0.3) is 0 Å². The third-order valence-corrected chi connectivity index (χ3v) is 1.99. The SMILES string of the molecule is N=C(N)CCNC(=O)C1CCC(N)=N1.O=S(=O)(O)O. The fourth-order valence-corrected chi connectivity index (χ4v) is 1.24. The lowest BCUT2D eigenvalue weighted by molar-refractivity contribution is -0.122. The number of hydrogen-bond acceptors (Lipinski definition) is 6. The summed E-state index contributed by atoms with van der Waals surface area (Å²) in [6, 6.07) is -0.345. The molecule has 1 rings (SSSR count). The molecule has 0 fully saturated rings. The Morgan fingerprint density at radius 2 is 2.05 bits per heavy atom. The van der Waals surface area contributed by atoms with Crippen LogP contribution in [0.5, 0.6) is 0 Å². The van der Waals surface area contributed by atoms with Crippen LogP contribution in [-0.2, 0) is 15.2 Å². The zero-order valence-corrected chi connectivity index (χ0v) is 10.9. The first-order valence-corrected chi connectivity index (χ1v) is 6.62. The van der Waals surface area contributed by atoms with Gasteiger partial charge < -0.3 is 16.8 Å². The molecule has 1 atom stereocenters. The molecule has 0 aromatic rings. The van der Waals surface area contributed by atoms with Crippen molar-refractivity contribution in [3.8, 4) is 0 Å². The van der Waals surface area contributed by atoms with Crippen molar-refractivity contribution in [1.29, 1.82) is 5.41 Å². The number of nitrogens with one attached hydrogen (secondary N) is 2. The molecule has 0 bridgehead atoms. The van der Waals surface area contributed by atoms with Gasteiger partial charge in [0.1, 0.15) is 6.04 Å². The summed E-state index contributed by atoms with van der Waals surface area (Å²) >= 11 is 0. The van der Waals surface area contributed by atoms with E-state index in [-0.39, 0.29) is 17.8 Å². The quantitative estimate of drug-likeness (QED) is 0.202. The topological polar surface area (TPSA) is 192 Å². The second-order valence-electron chi connectivity index (χ2n) is 3.69. The molecule has 0 radical (unpaired) electrons. The molecule has 1 heterocycles. The molecule has 0 aromatic carbocycles. The molecule has 0 saturated carbocycles. The minimum Gasteiger partial charge on any atom is -0.388 e. The Bertz CT molecular complexity index is 452. The molecule has 1 amide bonds. The molecule has 1 unspecified atom stereocenters. The van der Waals surface area contributed by atoms with Gasteiger partial charge in [-0.15, -0.1) is 0 Å². The predicted octanol–water partition coefficient (Wildman–Crippen LogP) is -1.70. The first kappa shape index (κ1) is 17.3. The van der Waals surface area contributed by atoms with Crippen molar-refractivity contribution in [2.45, 2.75) is 25.3 Å². The van der Waals surface area contributed by atoms with Crippen LogP contribution in [-0.4, -0.2) is 47.7 Å². The molecule has 19 heavy (non-hydrogen) atoms. The molecular formula is C8H17N5O5S. The zero-order chi connectivity index (χ0) is 15.1. The molecule has 1 aliphatic rings. The Morgan fingerprint density at radius 3 is 2.42 bits per heavy atom. The van der Waals surface area contributed by atoms with E-state index in [1.165, 1.54) is 0 Å². The third kappa shape index (κ3) is 11.1. The van der Waals surface area contributed by atoms with E-state index in [1.54, 1.807) is 0 Å². The van der Waals surface area contributed by atoms with Crippen LogP contribution in [0.3, 0.4) is 0 Å². The van der Waals surface area contributed by atoms with Crippen LogP contribution in [0.1, 0.15) is 19.3 Å². The van der Waals surface area contributed by atoms with Crippen molar-refractivity contribution >= 4 is 28.0 Å². The second kappa shape index (κ2) is 7.66. The molecule has 10 nitrogen and oxygen atoms in total. The van der Waals surface area contributed by atoms with Gasteiger partial charge in [0, 0.05) is 19.4 Å². The number of nitrogens with zero attached hydrogens (tertiary/aromatic N) is 1. The highest BCUT2D eigenvalue weighted by atomic mass is 32.3. The normalized spacial score (nSPS) is 18.0. The van der Waals surface area contributed by atoms with Gasteiger partial charge >= 0.3 is 10.4 Å². The molecule has 110 valence electrons. The molecular weight excluding hydrogens is 278 g/mol. The molecule has 11 heteroatoms. The second-order valence-corrected chi connectivity index (χ2v) is 4.58. The van der Waals surface area contributed by atoms with Gasteiger partial charge in [0.25, 0.3) is 0 Å². The van der Waals surface area contributed by atoms with Gasteiger partial charge in [-0.1, -0.05) is 0 Å². The standard InChI is InChI=1S/C8H15N5O.H2O4S/c9-6(10)3-4-12-8(14)5-1-2-7(11)13-5;1-5(2,3)4/h5H,1-4H2,(H3,9,10)(H2,11,13)(H,12,14);(H2,1,2,3,4). The van der Waals surface area contributed by atoms with Crippen molar-refractivity contribution in [2.75, 3.05) is 6.54 Å². The molecule has 1 aliphatic heterocycles. The van der Waals surface area contributed by atoms with Gasteiger partial charge in [0.2, 0.25) is 5.91 Å². The maximum absolute atomic E-state index is 11.4. The van der Waals surface area contributed by atoms with E-state index in [1.807, 2.05) is 0 Å². The largest absolute Gasteiger partial charge is 0.394 e. The van der Waals surface area contributed by atoms with E-state index >= 15 is 0 Å². The first-order chi connectivity index (χ1) is 8.59. The molecule has 8 N–H and O–H groups in total. The highest BCUT2D eigenvalue weighted by Crippen LogP contribution is 2.10. The monoisotopic (exact) mass is 295 g/mol. The van der Waals surface area contributed by atoms with Crippen LogP contribution >= 0.6 is 0 Å². The third-order valence-electron chi connectivity index (χ3n) is 1.99. The maximum atomic E-state index is 11.4. The summed E-state index contributed by atoms with van der Waals surface area (Å²) in [5, 5.41) is 9.61. The number of amides is 1. The Kier molecular flexibility index (Phi) is 6.96. The highest BCUT2D eigenvalue weighted by Gasteiger charge is 2.22. The van der Waals surface area contributed by atoms with E-state index in [0.717, 1.165) is 0 Å². The summed E-state index contributed by atoms with van der Waals surface area (Å²) in [5.41, 5.74) is 10.6. The fourth-order valence-electron chi connectivity index (χ4n) is 1.24. The summed E-state index contributed by atoms with van der Waals surface area (Å²) < 4.78 is 31.6. The van der Waals surface area contributed by atoms with E-state index in [0.29, 0.717) is 31.6 Å². The van der Waals surface area contributed by atoms with Crippen molar-refractivity contribution < 1.29 is 22.3 Å². The van der Waals surface area contributed by atoms with E-state index in [4.69, 9.17) is 34.4 Å². The van der Waals surface area contributed by atoms with E-state index in [9.17, 15) is 4.79 Å². The van der Waals surface area contributed by atoms with Gasteiger partial charge in [-0.3, -0.25) is 24.3 Å². The van der Waals surface area contributed by atoms with Crippen LogP contribution in [0.4, 0.5) is 0 Å². The van der Waals surface area contributed by atoms with Crippen molar-refractivity contribution in [2.24, 2.45) is 16.5 Å². The number of nitrogens with two attached hydrogens (primary N) is 2. The molecule has 0 aromatic heterocycles. The lowest BCUT2D eigenvalue weighted by Gasteiger charge is -2.07. The first-order valence-electron chi connectivity index (χ1n) is 5.22. The van der Waals surface area contributed by atoms with Gasteiger partial charge in [0.05, 0.1) is 11.7 Å². The summed E-state index contributed by atoms with van der Waals surface area (Å²) in [6.45, 7) is 0.389.